The van der Waals surface area contributed by atoms with E-state index >= 15 is 0 Å². The van der Waals surface area contributed by atoms with E-state index in [4.69, 9.17) is 4.74 Å². The highest BCUT2D eigenvalue weighted by Crippen LogP contribution is 2.20. The number of nitrogens with zero attached hydrogens (tertiary/aromatic N) is 1. The topological polar surface area (TPSA) is 109 Å². The number of carbonyl (C=O) groups is 1. The Hall–Kier alpha value is -3.08. The third-order valence-corrected chi connectivity index (χ3v) is 6.97. The Labute approximate surface area is 177 Å². The van der Waals surface area contributed by atoms with E-state index < -0.39 is 21.4 Å². The fourth-order valence-corrected chi connectivity index (χ4v) is 4.78. The Bertz CT molecular complexity index is 1280. The van der Waals surface area contributed by atoms with Gasteiger partial charge in [-0.3, -0.25) is 9.59 Å². The number of carbonyl (C=O) groups excluding carboxylic acids is 1. The van der Waals surface area contributed by atoms with Crippen molar-refractivity contribution in [3.63, 3.8) is 0 Å². The molecule has 0 saturated carbocycles. The fourth-order valence-electron chi connectivity index (χ4n) is 3.34. The van der Waals surface area contributed by atoms with Crippen LogP contribution in [0.25, 0.3) is 10.9 Å². The molecule has 1 saturated heterocycles. The summed E-state index contributed by atoms with van der Waals surface area (Å²) in [6.07, 6.45) is 1.29. The molecule has 10 heteroatoms. The van der Waals surface area contributed by atoms with Crippen LogP contribution in [0.4, 0.5) is 4.39 Å². The molecule has 0 bridgehead atoms. The van der Waals surface area contributed by atoms with Crippen molar-refractivity contribution >= 4 is 26.8 Å². The smallest absolute Gasteiger partial charge is 0.257 e. The first-order valence-electron chi connectivity index (χ1n) is 9.62. The number of rotatable bonds is 5. The second-order valence-corrected chi connectivity index (χ2v) is 9.00. The molecule has 0 atom stereocenters. The number of benzene rings is 2. The molecule has 2 N–H and O–H groups in total. The number of aromatic amines is 1. The van der Waals surface area contributed by atoms with Crippen molar-refractivity contribution in [3.05, 3.63) is 75.8 Å². The van der Waals surface area contributed by atoms with Gasteiger partial charge in [0.1, 0.15) is 11.4 Å². The van der Waals surface area contributed by atoms with Crippen molar-refractivity contribution in [1.29, 1.82) is 0 Å². The highest BCUT2D eigenvalue weighted by Gasteiger charge is 2.27. The maximum absolute atomic E-state index is 13.0. The van der Waals surface area contributed by atoms with Crippen LogP contribution in [0.5, 0.6) is 0 Å². The lowest BCUT2D eigenvalue weighted by Gasteiger charge is -2.26. The predicted octanol–water partition coefficient (Wildman–Crippen LogP) is 1.62. The van der Waals surface area contributed by atoms with Crippen LogP contribution >= 0.6 is 0 Å². The minimum atomic E-state index is -3.78. The highest BCUT2D eigenvalue weighted by atomic mass is 32.2. The number of sulfonamides is 1. The van der Waals surface area contributed by atoms with Crippen LogP contribution in [-0.2, 0) is 21.3 Å². The average molecular weight is 445 g/mol. The Morgan fingerprint density at radius 3 is 2.55 bits per heavy atom. The first-order chi connectivity index (χ1) is 14.9. The van der Waals surface area contributed by atoms with E-state index in [2.05, 4.69) is 10.3 Å². The van der Waals surface area contributed by atoms with Gasteiger partial charge in [-0.15, -0.1) is 0 Å². The number of hydrogen-bond donors (Lipinski definition) is 2. The van der Waals surface area contributed by atoms with Crippen LogP contribution in [0.15, 0.2) is 58.4 Å². The lowest BCUT2D eigenvalue weighted by molar-refractivity contribution is 0.0730. The van der Waals surface area contributed by atoms with Gasteiger partial charge in [0.25, 0.3) is 5.91 Å². The van der Waals surface area contributed by atoms with E-state index in [1.807, 2.05) is 0 Å². The van der Waals surface area contributed by atoms with Gasteiger partial charge in [-0.2, -0.15) is 4.31 Å². The van der Waals surface area contributed by atoms with E-state index in [1.165, 1.54) is 53.0 Å². The van der Waals surface area contributed by atoms with E-state index in [0.29, 0.717) is 24.3 Å². The molecule has 2 aromatic carbocycles. The fraction of sp³-hybridized carbons (Fsp3) is 0.238. The number of pyridine rings is 1. The lowest BCUT2D eigenvalue weighted by atomic mass is 10.1. The van der Waals surface area contributed by atoms with Gasteiger partial charge in [0.2, 0.25) is 15.5 Å². The van der Waals surface area contributed by atoms with Gasteiger partial charge in [-0.25, -0.2) is 12.8 Å². The molecule has 1 amide bonds. The molecule has 31 heavy (non-hydrogen) atoms. The minimum Gasteiger partial charge on any atom is -0.379 e. The molecule has 0 radical (unpaired) electrons. The molecule has 4 rings (SSSR count). The molecular formula is C21H20FN3O5S. The summed E-state index contributed by atoms with van der Waals surface area (Å²) in [7, 11) is -3.78. The quantitative estimate of drug-likeness (QED) is 0.620. The first kappa shape index (κ1) is 21.2. The summed E-state index contributed by atoms with van der Waals surface area (Å²) in [5, 5.41) is 2.72. The lowest BCUT2D eigenvalue weighted by Crippen LogP contribution is -2.40. The molecule has 8 nitrogen and oxygen atoms in total. The largest absolute Gasteiger partial charge is 0.379 e. The summed E-state index contributed by atoms with van der Waals surface area (Å²) in [6, 6.07) is 9.84. The normalized spacial score (nSPS) is 15.1. The second-order valence-electron chi connectivity index (χ2n) is 7.06. The maximum Gasteiger partial charge on any atom is 0.257 e. The molecule has 1 fully saturated rings. The summed E-state index contributed by atoms with van der Waals surface area (Å²) >= 11 is 0. The van der Waals surface area contributed by atoms with E-state index in [9.17, 15) is 22.4 Å². The predicted molar refractivity (Wildman–Crippen MR) is 112 cm³/mol. The van der Waals surface area contributed by atoms with Crippen molar-refractivity contribution in [3.8, 4) is 0 Å². The minimum absolute atomic E-state index is 0.0173. The van der Waals surface area contributed by atoms with Gasteiger partial charge in [0.05, 0.1) is 18.1 Å². The number of morpholine rings is 1. The Morgan fingerprint density at radius 2 is 1.84 bits per heavy atom. The number of H-pyrrole nitrogens is 1. The van der Waals surface area contributed by atoms with E-state index in [0.717, 1.165) is 0 Å². The molecule has 0 unspecified atom stereocenters. The van der Waals surface area contributed by atoms with Crippen LogP contribution in [0, 0.1) is 5.82 Å². The summed E-state index contributed by atoms with van der Waals surface area (Å²) in [5.74, 6) is -1.00. The van der Waals surface area contributed by atoms with Gasteiger partial charge in [0.15, 0.2) is 0 Å². The maximum atomic E-state index is 13.0. The van der Waals surface area contributed by atoms with Crippen LogP contribution in [0.3, 0.4) is 0 Å². The highest BCUT2D eigenvalue weighted by molar-refractivity contribution is 7.89. The number of amides is 1. The molecule has 1 aromatic heterocycles. The van der Waals surface area contributed by atoms with E-state index in [1.54, 1.807) is 0 Å². The molecule has 1 aliphatic heterocycles. The number of aromatic nitrogens is 1. The summed E-state index contributed by atoms with van der Waals surface area (Å²) < 4.78 is 45.3. The van der Waals surface area contributed by atoms with E-state index in [-0.39, 0.29) is 41.3 Å². The van der Waals surface area contributed by atoms with Gasteiger partial charge < -0.3 is 15.0 Å². The third kappa shape index (κ3) is 4.36. The molecule has 0 aliphatic carbocycles. The van der Waals surface area contributed by atoms with Crippen LogP contribution in [-0.4, -0.2) is 49.9 Å². The van der Waals surface area contributed by atoms with Crippen molar-refractivity contribution in [1.82, 2.24) is 14.6 Å². The molecule has 162 valence electrons. The average Bonchev–Trinajstić information content (AvgIpc) is 2.79. The Morgan fingerprint density at radius 1 is 1.13 bits per heavy atom. The standard InChI is InChI=1S/C21H20FN3O5S/c22-15-3-1-14(2-4-15)12-24-21(27)18-13-23-19-6-5-16(11-17(19)20(18)26)31(28,29)25-7-9-30-10-8-25/h1-6,11,13H,7-10,12H2,(H,23,26)(H,24,27). The van der Waals surface area contributed by atoms with Crippen LogP contribution < -0.4 is 10.7 Å². The zero-order valence-electron chi connectivity index (χ0n) is 16.4. The summed E-state index contributed by atoms with van der Waals surface area (Å²) in [4.78, 5) is 28.3. The number of hydrogen-bond acceptors (Lipinski definition) is 5. The monoisotopic (exact) mass is 445 g/mol. The van der Waals surface area contributed by atoms with Gasteiger partial charge in [0, 0.05) is 36.7 Å². The number of halogens is 1. The second kappa shape index (κ2) is 8.58. The Balaban J connectivity index is 1.62. The number of nitrogens with one attached hydrogen (secondary N) is 2. The van der Waals surface area contributed by atoms with Crippen molar-refractivity contribution in [2.75, 3.05) is 26.3 Å². The van der Waals surface area contributed by atoms with Gasteiger partial charge >= 0.3 is 0 Å². The zero-order valence-corrected chi connectivity index (χ0v) is 17.2. The van der Waals surface area contributed by atoms with Crippen LogP contribution in [0.1, 0.15) is 15.9 Å². The molecule has 1 aliphatic rings. The molecule has 3 aromatic rings. The van der Waals surface area contributed by atoms with Crippen molar-refractivity contribution in [2.24, 2.45) is 0 Å². The zero-order chi connectivity index (χ0) is 22.0. The molecule has 2 heterocycles. The molecule has 0 spiro atoms. The van der Waals surface area contributed by atoms with Crippen LogP contribution in [0.2, 0.25) is 0 Å². The summed E-state index contributed by atoms with van der Waals surface area (Å²) in [5.41, 5.74) is 0.367. The van der Waals surface area contributed by atoms with Gasteiger partial charge in [-0.1, -0.05) is 12.1 Å². The molecular weight excluding hydrogens is 425 g/mol. The van der Waals surface area contributed by atoms with Gasteiger partial charge in [-0.05, 0) is 35.9 Å². The number of fused-ring (bicyclic) bond motifs is 1. The first-order valence-corrected chi connectivity index (χ1v) is 11.1. The summed E-state index contributed by atoms with van der Waals surface area (Å²) in [6.45, 7) is 1.21. The third-order valence-electron chi connectivity index (χ3n) is 5.07. The number of ether oxygens (including phenoxy) is 1. The SMILES string of the molecule is O=C(NCc1ccc(F)cc1)c1c[nH]c2ccc(S(=O)(=O)N3CCOCC3)cc2c1=O. The van der Waals surface area contributed by atoms with Crippen molar-refractivity contribution < 1.29 is 22.3 Å². The van der Waals surface area contributed by atoms with Crippen molar-refractivity contribution in [2.45, 2.75) is 11.4 Å². The Kier molecular flexibility index (Phi) is 5.86.